The van der Waals surface area contributed by atoms with Crippen LogP contribution in [0.1, 0.15) is 35.6 Å². The van der Waals surface area contributed by atoms with Crippen LogP contribution in [0.15, 0.2) is 84.9 Å². The molecule has 1 fully saturated rings. The van der Waals surface area contributed by atoms with Crippen LogP contribution in [0.4, 0.5) is 0 Å². The highest BCUT2D eigenvalue weighted by Crippen LogP contribution is 2.25. The van der Waals surface area contributed by atoms with Crippen LogP contribution in [-0.4, -0.2) is 36.0 Å². The number of hydrogen-bond donors (Lipinski definition) is 1. The second kappa shape index (κ2) is 11.8. The van der Waals surface area contributed by atoms with E-state index in [1.54, 1.807) is 17.0 Å². The van der Waals surface area contributed by atoms with Gasteiger partial charge in [0.05, 0.1) is 12.5 Å². The van der Waals surface area contributed by atoms with Crippen LogP contribution in [0.25, 0.3) is 0 Å². The molecule has 34 heavy (non-hydrogen) atoms. The Hall–Kier alpha value is -3.15. The van der Waals surface area contributed by atoms with E-state index in [2.05, 4.69) is 5.32 Å². The number of rotatable bonds is 9. The summed E-state index contributed by atoms with van der Waals surface area (Å²) < 4.78 is 5.67. The van der Waals surface area contributed by atoms with E-state index in [1.165, 1.54) is 0 Å². The van der Waals surface area contributed by atoms with Crippen molar-refractivity contribution in [1.82, 2.24) is 10.2 Å². The predicted molar refractivity (Wildman–Crippen MR) is 133 cm³/mol. The zero-order valence-corrected chi connectivity index (χ0v) is 19.8. The molecular weight excluding hydrogens is 448 g/mol. The van der Waals surface area contributed by atoms with Crippen LogP contribution in [0.3, 0.4) is 0 Å². The molecule has 0 spiro atoms. The van der Waals surface area contributed by atoms with E-state index in [1.807, 2.05) is 72.8 Å². The van der Waals surface area contributed by atoms with E-state index in [4.69, 9.17) is 16.3 Å². The van der Waals surface area contributed by atoms with E-state index >= 15 is 0 Å². The Morgan fingerprint density at radius 2 is 1.62 bits per heavy atom. The van der Waals surface area contributed by atoms with Crippen molar-refractivity contribution in [3.8, 4) is 0 Å². The summed E-state index contributed by atoms with van der Waals surface area (Å²) in [4.78, 5) is 28.9. The molecule has 5 nitrogen and oxygen atoms in total. The molecule has 0 unspecified atom stereocenters. The van der Waals surface area contributed by atoms with Gasteiger partial charge in [0.25, 0.3) is 0 Å². The molecule has 1 aliphatic heterocycles. The summed E-state index contributed by atoms with van der Waals surface area (Å²) in [6, 6.07) is 25.7. The Labute approximate surface area is 205 Å². The lowest BCUT2D eigenvalue weighted by molar-refractivity contribution is -0.141. The third kappa shape index (κ3) is 6.46. The van der Waals surface area contributed by atoms with Crippen molar-refractivity contribution in [2.45, 2.75) is 38.0 Å². The Balaban J connectivity index is 1.63. The SMILES string of the molecule is O=C(NC[C@@H]1CCCO1)[C@H](c1ccccc1)N(Cc1ccccc1)C(=O)Cc1ccc(Cl)cc1. The standard InChI is InChI=1S/C28H29ClN2O3/c29-24-15-13-21(14-16-24)18-26(32)31(20-22-8-3-1-4-9-22)27(23-10-5-2-6-11-23)28(33)30-19-25-12-7-17-34-25/h1-6,8-11,13-16,25,27H,7,12,17-20H2,(H,30,33)/t25-,27-/m0/s1. The van der Waals surface area contributed by atoms with Crippen LogP contribution >= 0.6 is 11.6 Å². The molecule has 0 aromatic heterocycles. The predicted octanol–water partition coefficient (Wildman–Crippen LogP) is 4.95. The Bertz CT molecular complexity index is 1070. The molecule has 1 heterocycles. The van der Waals surface area contributed by atoms with Gasteiger partial charge in [-0.3, -0.25) is 9.59 Å². The average molecular weight is 477 g/mol. The summed E-state index contributed by atoms with van der Waals surface area (Å²) in [5, 5.41) is 3.66. The topological polar surface area (TPSA) is 58.6 Å². The van der Waals surface area contributed by atoms with Gasteiger partial charge < -0.3 is 15.0 Å². The molecular formula is C28H29ClN2O3. The smallest absolute Gasteiger partial charge is 0.247 e. The summed E-state index contributed by atoms with van der Waals surface area (Å²) in [6.45, 7) is 1.48. The van der Waals surface area contributed by atoms with E-state index in [0.29, 0.717) is 18.1 Å². The number of nitrogens with zero attached hydrogens (tertiary/aromatic N) is 1. The highest BCUT2D eigenvalue weighted by molar-refractivity contribution is 6.30. The number of carbonyl (C=O) groups is 2. The van der Waals surface area contributed by atoms with Gasteiger partial charge in [0.15, 0.2) is 0 Å². The lowest BCUT2D eigenvalue weighted by atomic mass is 10.0. The third-order valence-corrected chi connectivity index (χ3v) is 6.24. The summed E-state index contributed by atoms with van der Waals surface area (Å²) in [5.41, 5.74) is 2.58. The Morgan fingerprint density at radius 1 is 0.941 bits per heavy atom. The number of hydrogen-bond acceptors (Lipinski definition) is 3. The minimum absolute atomic E-state index is 0.0210. The van der Waals surface area contributed by atoms with Crippen molar-refractivity contribution in [2.24, 2.45) is 0 Å². The molecule has 0 bridgehead atoms. The lowest BCUT2D eigenvalue weighted by Crippen LogP contribution is -2.45. The number of benzene rings is 3. The van der Waals surface area contributed by atoms with Gasteiger partial charge in [-0.2, -0.15) is 0 Å². The van der Waals surface area contributed by atoms with E-state index < -0.39 is 6.04 Å². The first kappa shape index (κ1) is 24.0. The highest BCUT2D eigenvalue weighted by Gasteiger charge is 2.32. The van der Waals surface area contributed by atoms with Crippen molar-refractivity contribution in [3.05, 3.63) is 107 Å². The van der Waals surface area contributed by atoms with Gasteiger partial charge in [-0.15, -0.1) is 0 Å². The first-order valence-corrected chi connectivity index (χ1v) is 12.0. The fourth-order valence-corrected chi connectivity index (χ4v) is 4.33. The van der Waals surface area contributed by atoms with Crippen LogP contribution in [0, 0.1) is 0 Å². The van der Waals surface area contributed by atoms with E-state index in [0.717, 1.165) is 36.1 Å². The molecule has 0 radical (unpaired) electrons. The van der Waals surface area contributed by atoms with Crippen molar-refractivity contribution in [3.63, 3.8) is 0 Å². The maximum atomic E-state index is 13.7. The summed E-state index contributed by atoms with van der Waals surface area (Å²) >= 11 is 6.02. The van der Waals surface area contributed by atoms with Gasteiger partial charge in [0.2, 0.25) is 11.8 Å². The molecule has 1 aliphatic rings. The minimum Gasteiger partial charge on any atom is -0.376 e. The molecule has 176 valence electrons. The molecule has 0 saturated carbocycles. The van der Waals surface area contributed by atoms with Crippen molar-refractivity contribution in [1.29, 1.82) is 0 Å². The highest BCUT2D eigenvalue weighted by atomic mass is 35.5. The first-order chi connectivity index (χ1) is 16.6. The first-order valence-electron chi connectivity index (χ1n) is 11.6. The van der Waals surface area contributed by atoms with Crippen LogP contribution in [0.5, 0.6) is 0 Å². The summed E-state index contributed by atoms with van der Waals surface area (Å²) in [7, 11) is 0. The van der Waals surface area contributed by atoms with E-state index in [-0.39, 0.29) is 24.3 Å². The van der Waals surface area contributed by atoms with Gasteiger partial charge in [0.1, 0.15) is 6.04 Å². The second-order valence-electron chi connectivity index (χ2n) is 8.50. The normalized spacial score (nSPS) is 16.1. The monoisotopic (exact) mass is 476 g/mol. The molecule has 1 N–H and O–H groups in total. The minimum atomic E-state index is -0.761. The van der Waals surface area contributed by atoms with Crippen molar-refractivity contribution >= 4 is 23.4 Å². The fourth-order valence-electron chi connectivity index (χ4n) is 4.21. The number of halogens is 1. The quantitative estimate of drug-likeness (QED) is 0.475. The number of nitrogens with one attached hydrogen (secondary N) is 1. The molecule has 3 aromatic carbocycles. The number of ether oxygens (including phenoxy) is 1. The Morgan fingerprint density at radius 3 is 2.26 bits per heavy atom. The molecule has 2 atom stereocenters. The van der Waals surface area contributed by atoms with Crippen molar-refractivity contribution < 1.29 is 14.3 Å². The summed E-state index contributed by atoms with van der Waals surface area (Å²) in [5.74, 6) is -0.339. The fraction of sp³-hybridized carbons (Fsp3) is 0.286. The molecule has 4 rings (SSSR count). The molecule has 2 amide bonds. The maximum absolute atomic E-state index is 13.7. The second-order valence-corrected chi connectivity index (χ2v) is 8.94. The Kier molecular flexibility index (Phi) is 8.34. The van der Waals surface area contributed by atoms with Gasteiger partial charge in [-0.1, -0.05) is 84.4 Å². The molecule has 3 aromatic rings. The van der Waals surface area contributed by atoms with Gasteiger partial charge in [-0.05, 0) is 41.7 Å². The van der Waals surface area contributed by atoms with Gasteiger partial charge >= 0.3 is 0 Å². The molecule has 0 aliphatic carbocycles. The van der Waals surface area contributed by atoms with Crippen LogP contribution in [-0.2, 0) is 27.3 Å². The molecule has 1 saturated heterocycles. The lowest BCUT2D eigenvalue weighted by Gasteiger charge is -2.32. The van der Waals surface area contributed by atoms with Crippen LogP contribution in [0.2, 0.25) is 5.02 Å². The van der Waals surface area contributed by atoms with Crippen molar-refractivity contribution in [2.75, 3.05) is 13.2 Å². The third-order valence-electron chi connectivity index (χ3n) is 5.99. The van der Waals surface area contributed by atoms with Gasteiger partial charge in [-0.25, -0.2) is 0 Å². The zero-order chi connectivity index (χ0) is 23.8. The number of carbonyl (C=O) groups excluding carboxylic acids is 2. The largest absolute Gasteiger partial charge is 0.376 e. The number of amides is 2. The molecule has 6 heteroatoms. The van der Waals surface area contributed by atoms with Gasteiger partial charge in [0, 0.05) is 24.7 Å². The van der Waals surface area contributed by atoms with Crippen LogP contribution < -0.4 is 5.32 Å². The summed E-state index contributed by atoms with van der Waals surface area (Å²) in [6.07, 6.45) is 2.13. The average Bonchev–Trinajstić information content (AvgIpc) is 3.39. The maximum Gasteiger partial charge on any atom is 0.247 e. The van der Waals surface area contributed by atoms with E-state index in [9.17, 15) is 9.59 Å². The zero-order valence-electron chi connectivity index (χ0n) is 19.0.